The molecule has 0 atom stereocenters. The number of nitrogens with one attached hydrogen (secondary N) is 1. The number of carbonyl (C=O) groups is 1. The van der Waals surface area contributed by atoms with Gasteiger partial charge >= 0.3 is 5.97 Å². The van der Waals surface area contributed by atoms with Crippen molar-refractivity contribution in [2.75, 3.05) is 12.4 Å². The molecule has 4 nitrogen and oxygen atoms in total. The van der Waals surface area contributed by atoms with Gasteiger partial charge in [0.1, 0.15) is 0 Å². The van der Waals surface area contributed by atoms with Gasteiger partial charge in [0.25, 0.3) is 0 Å². The van der Waals surface area contributed by atoms with Crippen LogP contribution in [0.15, 0.2) is 18.2 Å². The summed E-state index contributed by atoms with van der Waals surface area (Å²) in [4.78, 5) is 14.9. The van der Waals surface area contributed by atoms with Gasteiger partial charge in [-0.2, -0.15) is 0 Å². The molecular formula is C9H8N2O2S. The van der Waals surface area contributed by atoms with Crippen LogP contribution in [0.5, 0.6) is 0 Å². The molecule has 0 radical (unpaired) electrons. The Bertz CT molecular complexity index is 493. The molecule has 1 aromatic heterocycles. The van der Waals surface area contributed by atoms with Crippen LogP contribution in [-0.2, 0) is 0 Å². The summed E-state index contributed by atoms with van der Waals surface area (Å²) in [7, 11) is 1.79. The lowest BCUT2D eigenvalue weighted by Gasteiger charge is -1.91. The molecule has 0 unspecified atom stereocenters. The minimum atomic E-state index is -0.911. The van der Waals surface area contributed by atoms with E-state index in [4.69, 9.17) is 5.11 Å². The Kier molecular flexibility index (Phi) is 2.09. The molecule has 0 aliphatic rings. The highest BCUT2D eigenvalue weighted by Gasteiger charge is 2.06. The van der Waals surface area contributed by atoms with Gasteiger partial charge in [-0.1, -0.05) is 11.3 Å². The topological polar surface area (TPSA) is 62.2 Å². The molecule has 2 rings (SSSR count). The maximum absolute atomic E-state index is 10.7. The minimum Gasteiger partial charge on any atom is -0.478 e. The second kappa shape index (κ2) is 3.26. The van der Waals surface area contributed by atoms with E-state index in [1.165, 1.54) is 11.3 Å². The van der Waals surface area contributed by atoms with Crippen molar-refractivity contribution >= 4 is 32.7 Å². The van der Waals surface area contributed by atoms with Crippen molar-refractivity contribution in [2.45, 2.75) is 0 Å². The van der Waals surface area contributed by atoms with E-state index in [0.717, 1.165) is 15.3 Å². The lowest BCUT2D eigenvalue weighted by molar-refractivity contribution is 0.0697. The van der Waals surface area contributed by atoms with Crippen molar-refractivity contribution in [3.8, 4) is 0 Å². The van der Waals surface area contributed by atoms with Gasteiger partial charge in [-0.3, -0.25) is 0 Å². The maximum Gasteiger partial charge on any atom is 0.335 e. The fraction of sp³-hybridized carbons (Fsp3) is 0.111. The summed E-state index contributed by atoms with van der Waals surface area (Å²) in [6.07, 6.45) is 0. The van der Waals surface area contributed by atoms with Crippen LogP contribution >= 0.6 is 11.3 Å². The van der Waals surface area contributed by atoms with Crippen LogP contribution in [0, 0.1) is 0 Å². The molecule has 0 saturated heterocycles. The molecule has 0 aliphatic carbocycles. The minimum absolute atomic E-state index is 0.295. The Labute approximate surface area is 84.2 Å². The van der Waals surface area contributed by atoms with Gasteiger partial charge in [-0.25, -0.2) is 9.78 Å². The molecule has 14 heavy (non-hydrogen) atoms. The lowest BCUT2D eigenvalue weighted by Crippen LogP contribution is -1.94. The average Bonchev–Trinajstić information content (AvgIpc) is 2.58. The monoisotopic (exact) mass is 208 g/mol. The van der Waals surface area contributed by atoms with Crippen molar-refractivity contribution in [2.24, 2.45) is 0 Å². The number of fused-ring (bicyclic) bond motifs is 1. The number of rotatable bonds is 2. The number of nitrogens with zero attached hydrogens (tertiary/aromatic N) is 1. The summed E-state index contributed by atoms with van der Waals surface area (Å²) < 4.78 is 0.884. The van der Waals surface area contributed by atoms with Gasteiger partial charge in [0.05, 0.1) is 15.8 Å². The van der Waals surface area contributed by atoms with Crippen molar-refractivity contribution in [1.29, 1.82) is 0 Å². The summed E-state index contributed by atoms with van der Waals surface area (Å²) in [5.41, 5.74) is 1.12. The van der Waals surface area contributed by atoms with Crippen LogP contribution in [0.1, 0.15) is 10.4 Å². The number of aromatic nitrogens is 1. The van der Waals surface area contributed by atoms with Crippen LogP contribution in [0.3, 0.4) is 0 Å². The predicted octanol–water partition coefficient (Wildman–Crippen LogP) is 2.04. The molecule has 0 saturated carbocycles. The lowest BCUT2D eigenvalue weighted by atomic mass is 10.2. The first-order valence-corrected chi connectivity index (χ1v) is 4.84. The molecular weight excluding hydrogens is 200 g/mol. The molecule has 2 N–H and O–H groups in total. The van der Waals surface area contributed by atoms with Gasteiger partial charge in [0.15, 0.2) is 5.13 Å². The quantitative estimate of drug-likeness (QED) is 0.792. The molecule has 0 bridgehead atoms. The second-order valence-electron chi connectivity index (χ2n) is 2.76. The van der Waals surface area contributed by atoms with E-state index in [1.54, 1.807) is 25.2 Å². The molecule has 1 heterocycles. The first-order valence-electron chi connectivity index (χ1n) is 4.02. The van der Waals surface area contributed by atoms with E-state index in [0.29, 0.717) is 5.56 Å². The van der Waals surface area contributed by atoms with E-state index < -0.39 is 5.97 Å². The van der Waals surface area contributed by atoms with Gasteiger partial charge in [0, 0.05) is 7.05 Å². The number of anilines is 1. The number of carboxylic acid groups (broad SMARTS) is 1. The largest absolute Gasteiger partial charge is 0.478 e. The number of hydrogen-bond acceptors (Lipinski definition) is 4. The maximum atomic E-state index is 10.7. The van der Waals surface area contributed by atoms with Crippen LogP contribution < -0.4 is 5.32 Å². The fourth-order valence-corrected chi connectivity index (χ4v) is 2.02. The highest BCUT2D eigenvalue weighted by molar-refractivity contribution is 7.22. The Balaban J connectivity index is 2.59. The summed E-state index contributed by atoms with van der Waals surface area (Å²) in [5.74, 6) is -0.911. The average molecular weight is 208 g/mol. The second-order valence-corrected chi connectivity index (χ2v) is 3.79. The Morgan fingerprint density at radius 3 is 3.00 bits per heavy atom. The standard InChI is InChI=1S/C9H8N2O2S/c1-10-9-11-6-3-2-5(8(12)13)4-7(6)14-9/h2-4H,1H3,(H,10,11)(H,12,13). The highest BCUT2D eigenvalue weighted by Crippen LogP contribution is 2.26. The summed E-state index contributed by atoms with van der Waals surface area (Å²) in [6, 6.07) is 4.91. The summed E-state index contributed by atoms with van der Waals surface area (Å²) in [5, 5.41) is 12.5. The molecule has 0 amide bonds. The molecule has 5 heteroatoms. The highest BCUT2D eigenvalue weighted by atomic mass is 32.1. The zero-order valence-electron chi connectivity index (χ0n) is 7.44. The third-order valence-electron chi connectivity index (χ3n) is 1.85. The van der Waals surface area contributed by atoms with E-state index in [1.807, 2.05) is 0 Å². The molecule has 1 aromatic carbocycles. The third-order valence-corrected chi connectivity index (χ3v) is 2.88. The van der Waals surface area contributed by atoms with E-state index in [2.05, 4.69) is 10.3 Å². The van der Waals surface area contributed by atoms with Gasteiger partial charge in [-0.15, -0.1) is 0 Å². The van der Waals surface area contributed by atoms with E-state index >= 15 is 0 Å². The van der Waals surface area contributed by atoms with E-state index in [9.17, 15) is 4.79 Å². The van der Waals surface area contributed by atoms with Crippen molar-refractivity contribution in [3.63, 3.8) is 0 Å². The molecule has 0 aliphatic heterocycles. The predicted molar refractivity (Wildman–Crippen MR) is 56.1 cm³/mol. The number of aromatic carboxylic acids is 1. The number of benzene rings is 1. The third kappa shape index (κ3) is 1.42. The molecule has 2 aromatic rings. The molecule has 0 spiro atoms. The van der Waals surface area contributed by atoms with Crippen LogP contribution in [0.2, 0.25) is 0 Å². The van der Waals surface area contributed by atoms with Crippen molar-refractivity contribution in [1.82, 2.24) is 4.98 Å². The Morgan fingerprint density at radius 1 is 1.57 bits per heavy atom. The number of thiazole rings is 1. The number of carboxylic acids is 1. The fourth-order valence-electron chi connectivity index (χ4n) is 1.16. The first-order chi connectivity index (χ1) is 6.70. The molecule has 0 fully saturated rings. The molecule has 72 valence electrons. The van der Waals surface area contributed by atoms with Crippen LogP contribution in [0.4, 0.5) is 5.13 Å². The Hall–Kier alpha value is -1.62. The van der Waals surface area contributed by atoms with Crippen LogP contribution in [0.25, 0.3) is 10.2 Å². The SMILES string of the molecule is CNc1nc2ccc(C(=O)O)cc2s1. The van der Waals surface area contributed by atoms with Gasteiger partial charge in [-0.05, 0) is 18.2 Å². The van der Waals surface area contributed by atoms with Gasteiger partial charge in [0.2, 0.25) is 0 Å². The summed E-state index contributed by atoms with van der Waals surface area (Å²) >= 11 is 1.44. The zero-order chi connectivity index (χ0) is 10.1. The number of hydrogen-bond donors (Lipinski definition) is 2. The van der Waals surface area contributed by atoms with Crippen LogP contribution in [-0.4, -0.2) is 23.1 Å². The first kappa shape index (κ1) is 8.96. The smallest absolute Gasteiger partial charge is 0.335 e. The Morgan fingerprint density at radius 2 is 2.36 bits per heavy atom. The van der Waals surface area contributed by atoms with Gasteiger partial charge < -0.3 is 10.4 Å². The van der Waals surface area contributed by atoms with E-state index in [-0.39, 0.29) is 0 Å². The summed E-state index contributed by atoms with van der Waals surface area (Å²) in [6.45, 7) is 0. The van der Waals surface area contributed by atoms with Crippen molar-refractivity contribution < 1.29 is 9.90 Å². The van der Waals surface area contributed by atoms with Crippen molar-refractivity contribution in [3.05, 3.63) is 23.8 Å². The zero-order valence-corrected chi connectivity index (χ0v) is 8.26. The normalized spacial score (nSPS) is 10.4.